The van der Waals surface area contributed by atoms with Gasteiger partial charge in [0.1, 0.15) is 5.15 Å². The number of amides is 1. The number of aryl methyl sites for hydroxylation is 2. The molecule has 1 heterocycles. The summed E-state index contributed by atoms with van der Waals surface area (Å²) in [5.41, 5.74) is 0.988. The smallest absolute Gasteiger partial charge is 0.256 e. The number of carbonyl (C=O) groups is 1. The summed E-state index contributed by atoms with van der Waals surface area (Å²) in [6.45, 7) is 6.58. The van der Waals surface area contributed by atoms with Crippen molar-refractivity contribution < 1.29 is 9.90 Å². The zero-order valence-corrected chi connectivity index (χ0v) is 13.4. The maximum Gasteiger partial charge on any atom is 0.256 e. The van der Waals surface area contributed by atoms with Crippen molar-refractivity contribution in [1.82, 2.24) is 15.1 Å². The molecule has 6 heteroatoms. The van der Waals surface area contributed by atoms with Crippen molar-refractivity contribution in [2.24, 2.45) is 12.5 Å². The second-order valence-electron chi connectivity index (χ2n) is 5.24. The maximum absolute atomic E-state index is 12.3. The van der Waals surface area contributed by atoms with Gasteiger partial charge in [-0.25, -0.2) is 0 Å². The minimum Gasteiger partial charge on any atom is -0.396 e. The lowest BCUT2D eigenvalue weighted by Crippen LogP contribution is -2.37. The fourth-order valence-corrected chi connectivity index (χ4v) is 2.68. The van der Waals surface area contributed by atoms with Gasteiger partial charge < -0.3 is 10.4 Å². The molecule has 2 N–H and O–H groups in total. The van der Waals surface area contributed by atoms with Gasteiger partial charge in [0.05, 0.1) is 11.3 Å². The fourth-order valence-electron chi connectivity index (χ4n) is 2.42. The number of rotatable bonds is 7. The molecule has 1 amide bonds. The number of hydrogen-bond acceptors (Lipinski definition) is 3. The number of aliphatic hydroxyl groups is 1. The van der Waals surface area contributed by atoms with Gasteiger partial charge in [-0.3, -0.25) is 9.48 Å². The molecule has 5 nitrogen and oxygen atoms in total. The normalized spacial score (nSPS) is 11.7. The van der Waals surface area contributed by atoms with Gasteiger partial charge in [0.2, 0.25) is 0 Å². The van der Waals surface area contributed by atoms with Crippen LogP contribution in [0.15, 0.2) is 0 Å². The van der Waals surface area contributed by atoms with Crippen LogP contribution in [-0.4, -0.2) is 33.9 Å². The first-order valence-electron chi connectivity index (χ1n) is 6.99. The molecule has 1 aromatic heterocycles. The predicted octanol–water partition coefficient (Wildman–Crippen LogP) is 2.30. The number of nitrogens with zero attached hydrogens (tertiary/aromatic N) is 2. The van der Waals surface area contributed by atoms with E-state index in [1.807, 2.05) is 0 Å². The Morgan fingerprint density at radius 2 is 2.05 bits per heavy atom. The Morgan fingerprint density at radius 3 is 2.45 bits per heavy atom. The Bertz CT molecular complexity index is 467. The number of aromatic nitrogens is 2. The van der Waals surface area contributed by atoms with Gasteiger partial charge in [-0.15, -0.1) is 0 Å². The highest BCUT2D eigenvalue weighted by Crippen LogP contribution is 2.29. The predicted molar refractivity (Wildman–Crippen MR) is 80.0 cm³/mol. The summed E-state index contributed by atoms with van der Waals surface area (Å²) in [5.74, 6) is -0.204. The van der Waals surface area contributed by atoms with Gasteiger partial charge in [0.15, 0.2) is 0 Å². The summed E-state index contributed by atoms with van der Waals surface area (Å²) in [5, 5.41) is 16.6. The van der Waals surface area contributed by atoms with E-state index in [9.17, 15) is 9.90 Å². The lowest BCUT2D eigenvalue weighted by atomic mass is 9.79. The average Bonchev–Trinajstić information content (AvgIpc) is 2.68. The minimum absolute atomic E-state index is 0.0625. The Kier molecular flexibility index (Phi) is 6.02. The SMILES string of the molecule is CCC(CC)(CCO)CNC(=O)c1c(C)nn(C)c1Cl. The molecule has 0 aliphatic rings. The van der Waals surface area contributed by atoms with Crippen LogP contribution in [0.25, 0.3) is 0 Å². The van der Waals surface area contributed by atoms with Gasteiger partial charge in [0, 0.05) is 20.2 Å². The van der Waals surface area contributed by atoms with Crippen molar-refractivity contribution in [2.45, 2.75) is 40.0 Å². The lowest BCUT2D eigenvalue weighted by Gasteiger charge is -2.31. The molecule has 0 radical (unpaired) electrons. The van der Waals surface area contributed by atoms with Crippen LogP contribution >= 0.6 is 11.6 Å². The van der Waals surface area contributed by atoms with Gasteiger partial charge in [-0.05, 0) is 31.6 Å². The fraction of sp³-hybridized carbons (Fsp3) is 0.714. The molecule has 0 atom stereocenters. The lowest BCUT2D eigenvalue weighted by molar-refractivity contribution is 0.0907. The molecule has 0 saturated heterocycles. The largest absolute Gasteiger partial charge is 0.396 e. The monoisotopic (exact) mass is 301 g/mol. The van der Waals surface area contributed by atoms with Crippen LogP contribution in [-0.2, 0) is 7.05 Å². The maximum atomic E-state index is 12.3. The van der Waals surface area contributed by atoms with Crippen molar-refractivity contribution in [3.8, 4) is 0 Å². The molecule has 1 rings (SSSR count). The number of aliphatic hydroxyl groups excluding tert-OH is 1. The molecular weight excluding hydrogens is 278 g/mol. The summed E-state index contributed by atoms with van der Waals surface area (Å²) < 4.78 is 1.49. The summed E-state index contributed by atoms with van der Waals surface area (Å²) >= 11 is 6.09. The van der Waals surface area contributed by atoms with Crippen molar-refractivity contribution in [1.29, 1.82) is 0 Å². The van der Waals surface area contributed by atoms with Gasteiger partial charge in [-0.2, -0.15) is 5.10 Å². The molecular formula is C14H24ClN3O2. The molecule has 0 aliphatic heterocycles. The standard InChI is InChI=1S/C14H24ClN3O2/c1-5-14(6-2,7-8-19)9-16-13(20)11-10(3)17-18(4)12(11)15/h19H,5-9H2,1-4H3,(H,16,20). The topological polar surface area (TPSA) is 67.2 Å². The van der Waals surface area contributed by atoms with Crippen LogP contribution in [0.3, 0.4) is 0 Å². The van der Waals surface area contributed by atoms with Crippen molar-refractivity contribution in [3.63, 3.8) is 0 Å². The summed E-state index contributed by atoms with van der Waals surface area (Å²) in [7, 11) is 1.71. The van der Waals surface area contributed by atoms with E-state index in [1.165, 1.54) is 4.68 Å². The van der Waals surface area contributed by atoms with Crippen molar-refractivity contribution in [2.75, 3.05) is 13.2 Å². The van der Waals surface area contributed by atoms with E-state index in [1.54, 1.807) is 14.0 Å². The molecule has 0 bridgehead atoms. The molecule has 0 aromatic carbocycles. The summed E-state index contributed by atoms with van der Waals surface area (Å²) in [6, 6.07) is 0. The van der Waals surface area contributed by atoms with Crippen molar-refractivity contribution in [3.05, 3.63) is 16.4 Å². The van der Waals surface area contributed by atoms with E-state index >= 15 is 0 Å². The van der Waals surface area contributed by atoms with Crippen molar-refractivity contribution >= 4 is 17.5 Å². The van der Waals surface area contributed by atoms with E-state index in [-0.39, 0.29) is 17.9 Å². The van der Waals surface area contributed by atoms with Gasteiger partial charge >= 0.3 is 0 Å². The molecule has 0 spiro atoms. The highest BCUT2D eigenvalue weighted by molar-refractivity contribution is 6.33. The highest BCUT2D eigenvalue weighted by Gasteiger charge is 2.27. The number of nitrogens with one attached hydrogen (secondary N) is 1. The van der Waals surface area contributed by atoms with Crippen LogP contribution < -0.4 is 5.32 Å². The number of halogens is 1. The van der Waals surface area contributed by atoms with E-state index in [0.29, 0.717) is 29.4 Å². The Balaban J connectivity index is 2.80. The van der Waals surface area contributed by atoms with Crippen LogP contribution in [0.4, 0.5) is 0 Å². The first-order chi connectivity index (χ1) is 9.40. The third kappa shape index (κ3) is 3.52. The third-order valence-electron chi connectivity index (χ3n) is 4.15. The zero-order chi connectivity index (χ0) is 15.3. The second kappa shape index (κ2) is 7.09. The van der Waals surface area contributed by atoms with Gasteiger partial charge in [0.25, 0.3) is 5.91 Å². The molecule has 0 saturated carbocycles. The Morgan fingerprint density at radius 1 is 1.45 bits per heavy atom. The average molecular weight is 302 g/mol. The molecule has 0 aliphatic carbocycles. The quantitative estimate of drug-likeness (QED) is 0.812. The first kappa shape index (κ1) is 17.0. The van der Waals surface area contributed by atoms with Crippen LogP contribution in [0.2, 0.25) is 5.15 Å². The third-order valence-corrected chi connectivity index (χ3v) is 4.58. The number of hydrogen-bond donors (Lipinski definition) is 2. The molecule has 20 heavy (non-hydrogen) atoms. The van der Waals surface area contributed by atoms with Crippen LogP contribution in [0, 0.1) is 12.3 Å². The Labute approximate surface area is 125 Å². The highest BCUT2D eigenvalue weighted by atomic mass is 35.5. The molecule has 0 fully saturated rings. The summed E-state index contributed by atoms with van der Waals surface area (Å²) in [4.78, 5) is 12.3. The molecule has 114 valence electrons. The van der Waals surface area contributed by atoms with Gasteiger partial charge in [-0.1, -0.05) is 25.4 Å². The van der Waals surface area contributed by atoms with Crippen LogP contribution in [0.1, 0.15) is 49.2 Å². The van der Waals surface area contributed by atoms with Crippen LogP contribution in [0.5, 0.6) is 0 Å². The zero-order valence-electron chi connectivity index (χ0n) is 12.7. The first-order valence-corrected chi connectivity index (χ1v) is 7.36. The van der Waals surface area contributed by atoms with E-state index in [2.05, 4.69) is 24.3 Å². The van der Waals surface area contributed by atoms with E-state index < -0.39 is 0 Å². The molecule has 1 aromatic rings. The Hall–Kier alpha value is -1.07. The molecule has 0 unspecified atom stereocenters. The minimum atomic E-state index is -0.204. The second-order valence-corrected chi connectivity index (χ2v) is 5.60. The van der Waals surface area contributed by atoms with E-state index in [0.717, 1.165) is 12.8 Å². The number of carbonyl (C=O) groups excluding carboxylic acids is 1. The summed E-state index contributed by atoms with van der Waals surface area (Å²) in [6.07, 6.45) is 2.49. The van der Waals surface area contributed by atoms with E-state index in [4.69, 9.17) is 11.6 Å².